The number of hydrogen-bond donors (Lipinski definition) is 9. The summed E-state index contributed by atoms with van der Waals surface area (Å²) >= 11 is 3.88. The van der Waals surface area contributed by atoms with E-state index in [0.717, 1.165) is 0 Å². The number of rotatable bonds is 16. The van der Waals surface area contributed by atoms with E-state index in [1.807, 2.05) is 0 Å². The Morgan fingerprint density at radius 2 is 1.44 bits per heavy atom. The number of carbonyl (C=O) groups is 5. The summed E-state index contributed by atoms with van der Waals surface area (Å²) in [4.78, 5) is 64.0. The molecule has 194 valence electrons. The molecule has 14 nitrogen and oxygen atoms in total. The third-order valence-electron chi connectivity index (χ3n) is 4.45. The standard InChI is InChI=1S/C19H35N7O7S/c1-9(2)6-12(16(30)24-11(18(32)33)4-3-5-23-19(21)22)26-17(31)13(7-14(27)28)25-15(29)10(20)8-34/h9-13,34H,3-8,20H2,1-2H3,(H,24,30)(H,25,29)(H,26,31)(H,27,28)(H,32,33)(H4,21,22,23). The number of thiol groups is 1. The van der Waals surface area contributed by atoms with Crippen molar-refractivity contribution in [3.8, 4) is 0 Å². The lowest BCUT2D eigenvalue weighted by molar-refractivity contribution is -0.143. The highest BCUT2D eigenvalue weighted by atomic mass is 32.1. The summed E-state index contributed by atoms with van der Waals surface area (Å²) in [7, 11) is 0. The van der Waals surface area contributed by atoms with Gasteiger partial charge in [0.2, 0.25) is 17.7 Å². The number of nitrogens with zero attached hydrogens (tertiary/aromatic N) is 1. The lowest BCUT2D eigenvalue weighted by Gasteiger charge is -2.25. The summed E-state index contributed by atoms with van der Waals surface area (Å²) in [6.07, 6.45) is -0.328. The first-order valence-electron chi connectivity index (χ1n) is 10.6. The van der Waals surface area contributed by atoms with E-state index in [2.05, 4.69) is 33.6 Å². The second-order valence-corrected chi connectivity index (χ2v) is 8.35. The van der Waals surface area contributed by atoms with Crippen LogP contribution in [0.25, 0.3) is 0 Å². The number of guanidine groups is 1. The zero-order valence-corrected chi connectivity index (χ0v) is 20.1. The molecule has 4 unspecified atom stereocenters. The largest absolute Gasteiger partial charge is 0.481 e. The summed E-state index contributed by atoms with van der Waals surface area (Å²) < 4.78 is 0. The summed E-state index contributed by atoms with van der Waals surface area (Å²) in [5.74, 6) is -5.41. The van der Waals surface area contributed by atoms with Crippen molar-refractivity contribution in [2.45, 2.75) is 63.7 Å². The van der Waals surface area contributed by atoms with Crippen molar-refractivity contribution in [2.24, 2.45) is 28.1 Å². The number of carboxylic acids is 2. The normalized spacial score (nSPS) is 14.3. The second kappa shape index (κ2) is 15.7. The molecule has 4 atom stereocenters. The number of aliphatic carboxylic acids is 2. The van der Waals surface area contributed by atoms with E-state index in [-0.39, 0.29) is 43.4 Å². The van der Waals surface area contributed by atoms with Crippen LogP contribution >= 0.6 is 12.6 Å². The molecule has 0 aromatic heterocycles. The van der Waals surface area contributed by atoms with Crippen LogP contribution in [-0.4, -0.2) is 82.3 Å². The highest BCUT2D eigenvalue weighted by molar-refractivity contribution is 7.80. The van der Waals surface area contributed by atoms with Crippen molar-refractivity contribution in [2.75, 3.05) is 12.3 Å². The van der Waals surface area contributed by atoms with Gasteiger partial charge in [-0.05, 0) is 25.2 Å². The first-order chi connectivity index (χ1) is 15.8. The third kappa shape index (κ3) is 12.8. The van der Waals surface area contributed by atoms with Crippen molar-refractivity contribution >= 4 is 48.2 Å². The molecule has 0 aromatic carbocycles. The van der Waals surface area contributed by atoms with Crippen LogP contribution in [0.5, 0.6) is 0 Å². The second-order valence-electron chi connectivity index (χ2n) is 7.99. The SMILES string of the molecule is CC(C)CC(NC(=O)C(CC(=O)O)NC(=O)C(N)CS)C(=O)NC(CCCN=C(N)N)C(=O)O. The molecule has 0 saturated carbocycles. The molecular weight excluding hydrogens is 470 g/mol. The Kier molecular flexibility index (Phi) is 14.3. The van der Waals surface area contributed by atoms with Crippen LogP contribution in [0.2, 0.25) is 0 Å². The van der Waals surface area contributed by atoms with Gasteiger partial charge in [0.1, 0.15) is 18.1 Å². The van der Waals surface area contributed by atoms with E-state index in [1.54, 1.807) is 13.8 Å². The fourth-order valence-corrected chi connectivity index (χ4v) is 2.92. The lowest BCUT2D eigenvalue weighted by atomic mass is 10.0. The Labute approximate surface area is 202 Å². The summed E-state index contributed by atoms with van der Waals surface area (Å²) in [6, 6.07) is -5.03. The molecule has 0 fully saturated rings. The van der Waals surface area contributed by atoms with Crippen LogP contribution in [-0.2, 0) is 24.0 Å². The maximum atomic E-state index is 12.8. The molecule has 0 saturated heterocycles. The van der Waals surface area contributed by atoms with Crippen LogP contribution < -0.4 is 33.2 Å². The molecule has 11 N–H and O–H groups in total. The Morgan fingerprint density at radius 3 is 1.91 bits per heavy atom. The molecule has 0 bridgehead atoms. The number of nitrogens with two attached hydrogens (primary N) is 3. The molecule has 0 heterocycles. The minimum Gasteiger partial charge on any atom is -0.481 e. The fourth-order valence-electron chi connectivity index (χ4n) is 2.75. The zero-order chi connectivity index (χ0) is 26.4. The van der Waals surface area contributed by atoms with Crippen molar-refractivity contribution < 1.29 is 34.2 Å². The van der Waals surface area contributed by atoms with Crippen molar-refractivity contribution in [1.29, 1.82) is 0 Å². The smallest absolute Gasteiger partial charge is 0.326 e. The highest BCUT2D eigenvalue weighted by Crippen LogP contribution is 2.08. The van der Waals surface area contributed by atoms with Crippen molar-refractivity contribution in [1.82, 2.24) is 16.0 Å². The zero-order valence-electron chi connectivity index (χ0n) is 19.2. The molecule has 3 amide bonds. The number of amides is 3. The summed E-state index contributed by atoms with van der Waals surface area (Å²) in [5, 5.41) is 25.5. The highest BCUT2D eigenvalue weighted by Gasteiger charge is 2.31. The Bertz CT molecular complexity index is 759. The molecule has 0 aliphatic carbocycles. The molecule has 15 heteroatoms. The maximum Gasteiger partial charge on any atom is 0.326 e. The van der Waals surface area contributed by atoms with Gasteiger partial charge in [-0.2, -0.15) is 12.6 Å². The van der Waals surface area contributed by atoms with Gasteiger partial charge in [0.15, 0.2) is 5.96 Å². The first kappa shape index (κ1) is 30.9. The Hall–Kier alpha value is -3.07. The van der Waals surface area contributed by atoms with Gasteiger partial charge in [0.25, 0.3) is 0 Å². The monoisotopic (exact) mass is 505 g/mol. The molecule has 34 heavy (non-hydrogen) atoms. The number of aliphatic imine (C=N–C) groups is 1. The van der Waals surface area contributed by atoms with Gasteiger partial charge >= 0.3 is 11.9 Å². The molecule has 0 spiro atoms. The first-order valence-corrected chi connectivity index (χ1v) is 11.2. The number of hydrogen-bond acceptors (Lipinski definition) is 8. The third-order valence-corrected chi connectivity index (χ3v) is 4.84. The average Bonchev–Trinajstić information content (AvgIpc) is 2.72. The molecule has 0 aromatic rings. The fraction of sp³-hybridized carbons (Fsp3) is 0.684. The van der Waals surface area contributed by atoms with E-state index >= 15 is 0 Å². The van der Waals surface area contributed by atoms with E-state index in [0.29, 0.717) is 0 Å². The quantitative estimate of drug-likeness (QED) is 0.0456. The lowest BCUT2D eigenvalue weighted by Crippen LogP contribution is -2.57. The Balaban J connectivity index is 5.43. The average molecular weight is 506 g/mol. The van der Waals surface area contributed by atoms with Crippen LogP contribution in [0.3, 0.4) is 0 Å². The van der Waals surface area contributed by atoms with Crippen molar-refractivity contribution in [3.63, 3.8) is 0 Å². The predicted octanol–water partition coefficient (Wildman–Crippen LogP) is -2.64. The van der Waals surface area contributed by atoms with E-state index in [4.69, 9.17) is 22.3 Å². The minimum atomic E-state index is -1.51. The van der Waals surface area contributed by atoms with Gasteiger partial charge in [-0.15, -0.1) is 0 Å². The van der Waals surface area contributed by atoms with E-state index < -0.39 is 60.2 Å². The van der Waals surface area contributed by atoms with Crippen LogP contribution in [0, 0.1) is 5.92 Å². The van der Waals surface area contributed by atoms with Gasteiger partial charge < -0.3 is 43.4 Å². The van der Waals surface area contributed by atoms with Gasteiger partial charge in [-0.3, -0.25) is 24.2 Å². The van der Waals surface area contributed by atoms with Gasteiger partial charge in [0, 0.05) is 12.3 Å². The van der Waals surface area contributed by atoms with Gasteiger partial charge in [-0.1, -0.05) is 13.8 Å². The molecule has 0 rings (SSSR count). The van der Waals surface area contributed by atoms with Crippen LogP contribution in [0.4, 0.5) is 0 Å². The molecular formula is C19H35N7O7S. The summed E-state index contributed by atoms with van der Waals surface area (Å²) in [5.41, 5.74) is 16.0. The molecule has 0 radical (unpaired) electrons. The van der Waals surface area contributed by atoms with E-state index in [1.165, 1.54) is 0 Å². The van der Waals surface area contributed by atoms with Gasteiger partial charge in [-0.25, -0.2) is 4.79 Å². The number of carbonyl (C=O) groups excluding carboxylic acids is 3. The minimum absolute atomic E-state index is 0.0273. The van der Waals surface area contributed by atoms with Gasteiger partial charge in [0.05, 0.1) is 12.5 Å². The molecule has 0 aliphatic rings. The van der Waals surface area contributed by atoms with Crippen LogP contribution in [0.1, 0.15) is 39.5 Å². The molecule has 0 aliphatic heterocycles. The van der Waals surface area contributed by atoms with E-state index in [9.17, 15) is 29.1 Å². The van der Waals surface area contributed by atoms with Crippen LogP contribution in [0.15, 0.2) is 4.99 Å². The Morgan fingerprint density at radius 1 is 0.912 bits per heavy atom. The predicted molar refractivity (Wildman–Crippen MR) is 127 cm³/mol. The topological polar surface area (TPSA) is 252 Å². The van der Waals surface area contributed by atoms with Crippen molar-refractivity contribution in [3.05, 3.63) is 0 Å². The number of nitrogens with one attached hydrogen (secondary N) is 3. The summed E-state index contributed by atoms with van der Waals surface area (Å²) in [6.45, 7) is 3.72. The number of carboxylic acid groups (broad SMARTS) is 2. The maximum absolute atomic E-state index is 12.8.